The molecule has 9 nitrogen and oxygen atoms in total. The molecule has 3 fully saturated rings. The van der Waals surface area contributed by atoms with E-state index in [-0.39, 0.29) is 11.5 Å². The van der Waals surface area contributed by atoms with Gasteiger partial charge in [0.15, 0.2) is 5.82 Å². The van der Waals surface area contributed by atoms with Crippen LogP contribution in [0.5, 0.6) is 5.88 Å². The van der Waals surface area contributed by atoms with Crippen LogP contribution in [0.15, 0.2) is 18.3 Å². The minimum Gasteiger partial charge on any atom is -0.476 e. The fourth-order valence-electron chi connectivity index (χ4n) is 4.40. The summed E-state index contributed by atoms with van der Waals surface area (Å²) in [6, 6.07) is 3.62. The standard InChI is InChI=1S/C19H27FN2O3.2C2HF3O2/c20-17-2-1-7-21-18(17)24-10-3-15-4-11-25-19(12-15)13-22(14-19)16-5-8-23-9-6-16;2*3-2(4,5)1(6)7/h1-2,7,15-16H,3-6,8-14H2;2*(H,6,7). The molecule has 0 amide bonds. The van der Waals surface area contributed by atoms with E-state index in [1.807, 2.05) is 0 Å². The Balaban J connectivity index is 0.000000317. The van der Waals surface area contributed by atoms with Crippen LogP contribution in [-0.4, -0.2) is 95.5 Å². The first-order chi connectivity index (χ1) is 18.1. The summed E-state index contributed by atoms with van der Waals surface area (Å²) in [6.45, 7) is 5.20. The summed E-state index contributed by atoms with van der Waals surface area (Å²) in [7, 11) is 0. The number of aliphatic carboxylic acids is 2. The summed E-state index contributed by atoms with van der Waals surface area (Å²) in [5.74, 6) is -5.21. The van der Waals surface area contributed by atoms with E-state index in [9.17, 15) is 30.7 Å². The molecular formula is C23H29F7N2O7. The molecule has 1 spiro atoms. The quantitative estimate of drug-likeness (QED) is 0.502. The Hall–Kier alpha value is -2.72. The van der Waals surface area contributed by atoms with Gasteiger partial charge in [-0.05, 0) is 50.2 Å². The highest BCUT2D eigenvalue weighted by Gasteiger charge is 2.49. The molecule has 3 saturated heterocycles. The molecule has 0 radical (unpaired) electrons. The molecular weight excluding hydrogens is 549 g/mol. The Kier molecular flexibility index (Phi) is 11.7. The SMILES string of the molecule is Fc1cccnc1OCCC1CCOC2(C1)CN(C1CCOCC1)C2.O=C(O)C(F)(F)F.O=C(O)C(F)(F)F. The number of pyridine rings is 1. The number of hydrogen-bond donors (Lipinski definition) is 2. The van der Waals surface area contributed by atoms with Crippen LogP contribution < -0.4 is 4.74 Å². The Morgan fingerprint density at radius 2 is 1.59 bits per heavy atom. The predicted molar refractivity (Wildman–Crippen MR) is 119 cm³/mol. The maximum absolute atomic E-state index is 13.5. The molecule has 1 aromatic rings. The number of aromatic nitrogens is 1. The van der Waals surface area contributed by atoms with Crippen molar-refractivity contribution in [2.24, 2.45) is 5.92 Å². The van der Waals surface area contributed by atoms with Crippen molar-refractivity contribution in [1.29, 1.82) is 0 Å². The van der Waals surface area contributed by atoms with E-state index in [0.29, 0.717) is 18.6 Å². The van der Waals surface area contributed by atoms with E-state index < -0.39 is 30.1 Å². The van der Waals surface area contributed by atoms with E-state index >= 15 is 0 Å². The molecule has 2 N–H and O–H groups in total. The number of alkyl halides is 6. The highest BCUT2D eigenvalue weighted by Crippen LogP contribution is 2.40. The Labute approximate surface area is 218 Å². The number of likely N-dealkylation sites (tertiary alicyclic amines) is 1. The number of nitrogens with zero attached hydrogens (tertiary/aromatic N) is 2. The van der Waals surface area contributed by atoms with Crippen molar-refractivity contribution >= 4 is 11.9 Å². The van der Waals surface area contributed by atoms with Crippen molar-refractivity contribution < 1.29 is 64.7 Å². The second-order valence-corrected chi connectivity index (χ2v) is 9.17. The van der Waals surface area contributed by atoms with Crippen molar-refractivity contribution in [3.05, 3.63) is 24.1 Å². The van der Waals surface area contributed by atoms with Crippen molar-refractivity contribution in [3.8, 4) is 5.88 Å². The van der Waals surface area contributed by atoms with Crippen LogP contribution in [0.4, 0.5) is 30.7 Å². The lowest BCUT2D eigenvalue weighted by Gasteiger charge is -2.56. The van der Waals surface area contributed by atoms with Crippen molar-refractivity contribution in [2.45, 2.75) is 56.1 Å². The van der Waals surface area contributed by atoms with Crippen molar-refractivity contribution in [1.82, 2.24) is 9.88 Å². The number of rotatable bonds is 5. The fraction of sp³-hybridized carbons (Fsp3) is 0.696. The topological polar surface area (TPSA) is 118 Å². The summed E-state index contributed by atoms with van der Waals surface area (Å²) in [5.41, 5.74) is 0.0392. The zero-order valence-electron chi connectivity index (χ0n) is 20.6. The van der Waals surface area contributed by atoms with Gasteiger partial charge in [-0.25, -0.2) is 19.0 Å². The third kappa shape index (κ3) is 10.8. The summed E-state index contributed by atoms with van der Waals surface area (Å²) in [5, 5.41) is 14.2. The number of hydrogen-bond acceptors (Lipinski definition) is 7. The van der Waals surface area contributed by atoms with Crippen LogP contribution in [0.2, 0.25) is 0 Å². The first-order valence-electron chi connectivity index (χ1n) is 11.9. The van der Waals surface area contributed by atoms with Gasteiger partial charge in [-0.15, -0.1) is 0 Å². The van der Waals surface area contributed by atoms with Gasteiger partial charge in [-0.2, -0.15) is 26.3 Å². The second kappa shape index (κ2) is 14.1. The van der Waals surface area contributed by atoms with Gasteiger partial charge in [-0.1, -0.05) is 0 Å². The van der Waals surface area contributed by atoms with Crippen LogP contribution in [0.3, 0.4) is 0 Å². The number of carboxylic acids is 2. The van der Waals surface area contributed by atoms with Crippen LogP contribution in [0.25, 0.3) is 0 Å². The molecule has 0 bridgehead atoms. The average Bonchev–Trinajstić information content (AvgIpc) is 2.84. The summed E-state index contributed by atoms with van der Waals surface area (Å²) >= 11 is 0. The predicted octanol–water partition coefficient (Wildman–Crippen LogP) is 3.92. The molecule has 1 atom stereocenters. The Morgan fingerprint density at radius 3 is 2.10 bits per heavy atom. The molecule has 1 unspecified atom stereocenters. The third-order valence-electron chi connectivity index (χ3n) is 6.26. The van der Waals surface area contributed by atoms with Crippen LogP contribution >= 0.6 is 0 Å². The Bertz CT molecular complexity index is 910. The third-order valence-corrected chi connectivity index (χ3v) is 6.26. The van der Waals surface area contributed by atoms with E-state index in [1.54, 1.807) is 12.3 Å². The molecule has 16 heteroatoms. The lowest BCUT2D eigenvalue weighted by atomic mass is 9.78. The lowest BCUT2D eigenvalue weighted by Crippen LogP contribution is -2.68. The molecule has 4 rings (SSSR count). The molecule has 0 aliphatic carbocycles. The van der Waals surface area contributed by atoms with Gasteiger partial charge in [0.1, 0.15) is 0 Å². The molecule has 39 heavy (non-hydrogen) atoms. The molecule has 222 valence electrons. The van der Waals surface area contributed by atoms with Gasteiger partial charge < -0.3 is 24.4 Å². The molecule has 4 heterocycles. The van der Waals surface area contributed by atoms with E-state index in [0.717, 1.165) is 65.0 Å². The zero-order chi connectivity index (χ0) is 29.3. The molecule has 1 aromatic heterocycles. The molecule has 0 aromatic carbocycles. The zero-order valence-corrected chi connectivity index (χ0v) is 20.6. The molecule has 0 saturated carbocycles. The largest absolute Gasteiger partial charge is 0.490 e. The number of carboxylic acid groups (broad SMARTS) is 2. The molecule has 3 aliphatic heterocycles. The Morgan fingerprint density at radius 1 is 1.03 bits per heavy atom. The first kappa shape index (κ1) is 32.5. The number of carbonyl (C=O) groups is 2. The summed E-state index contributed by atoms with van der Waals surface area (Å²) in [6.07, 6.45) is -3.25. The fourth-order valence-corrected chi connectivity index (χ4v) is 4.40. The first-order valence-corrected chi connectivity index (χ1v) is 11.9. The van der Waals surface area contributed by atoms with Gasteiger partial charge >= 0.3 is 24.3 Å². The monoisotopic (exact) mass is 578 g/mol. The van der Waals surface area contributed by atoms with Crippen LogP contribution in [0, 0.1) is 11.7 Å². The molecule has 3 aliphatic rings. The van der Waals surface area contributed by atoms with Crippen molar-refractivity contribution in [2.75, 3.05) is 39.5 Å². The van der Waals surface area contributed by atoms with Gasteiger partial charge in [-0.3, -0.25) is 4.90 Å². The van der Waals surface area contributed by atoms with Crippen LogP contribution in [0.1, 0.15) is 32.1 Å². The van der Waals surface area contributed by atoms with E-state index in [1.165, 1.54) is 6.07 Å². The summed E-state index contributed by atoms with van der Waals surface area (Å²) < 4.78 is 94.1. The highest BCUT2D eigenvalue weighted by molar-refractivity contribution is 5.73. The maximum Gasteiger partial charge on any atom is 0.490 e. The van der Waals surface area contributed by atoms with Gasteiger partial charge in [0, 0.05) is 45.1 Å². The number of ether oxygens (including phenoxy) is 3. The van der Waals surface area contributed by atoms with E-state index in [4.69, 9.17) is 34.0 Å². The second-order valence-electron chi connectivity index (χ2n) is 9.17. The van der Waals surface area contributed by atoms with Gasteiger partial charge in [0.05, 0.1) is 12.2 Å². The van der Waals surface area contributed by atoms with Gasteiger partial charge in [0.25, 0.3) is 0 Å². The maximum atomic E-state index is 13.5. The summed E-state index contributed by atoms with van der Waals surface area (Å²) in [4.78, 5) is 24.3. The minimum atomic E-state index is -5.08. The van der Waals surface area contributed by atoms with Crippen LogP contribution in [-0.2, 0) is 19.1 Å². The lowest BCUT2D eigenvalue weighted by molar-refractivity contribution is -0.195. The van der Waals surface area contributed by atoms with Crippen molar-refractivity contribution in [3.63, 3.8) is 0 Å². The average molecular weight is 578 g/mol. The van der Waals surface area contributed by atoms with Gasteiger partial charge in [0.2, 0.25) is 5.88 Å². The minimum absolute atomic E-state index is 0.0392. The normalized spacial score (nSPS) is 21.5. The smallest absolute Gasteiger partial charge is 0.476 e. The number of halogens is 7. The van der Waals surface area contributed by atoms with E-state index in [2.05, 4.69) is 9.88 Å². The highest BCUT2D eigenvalue weighted by atomic mass is 19.4.